The largest absolute Gasteiger partial charge is 0.486 e. The van der Waals surface area contributed by atoms with Gasteiger partial charge in [-0.2, -0.15) is 0 Å². The lowest BCUT2D eigenvalue weighted by Gasteiger charge is -2.10. The SMILES string of the molecule is CCn1c(COc2ccccc2)nnc1S[C@H](C)C(=O)O. The highest BCUT2D eigenvalue weighted by molar-refractivity contribution is 8.00. The third-order valence-corrected chi connectivity index (χ3v) is 3.92. The Bertz CT molecular complexity index is 601. The number of rotatable bonds is 7. The van der Waals surface area contributed by atoms with E-state index < -0.39 is 11.2 Å². The van der Waals surface area contributed by atoms with E-state index in [0.29, 0.717) is 24.1 Å². The average Bonchev–Trinajstić information content (AvgIpc) is 2.87. The Hall–Kier alpha value is -2.02. The molecule has 1 N–H and O–H groups in total. The predicted octanol–water partition coefficient (Wildman–Crippen LogP) is 2.44. The molecule has 0 bridgehead atoms. The summed E-state index contributed by atoms with van der Waals surface area (Å²) in [5.41, 5.74) is 0. The van der Waals surface area contributed by atoms with E-state index >= 15 is 0 Å². The van der Waals surface area contributed by atoms with Gasteiger partial charge in [0.25, 0.3) is 0 Å². The fourth-order valence-electron chi connectivity index (χ4n) is 1.70. The van der Waals surface area contributed by atoms with Crippen LogP contribution in [0.1, 0.15) is 19.7 Å². The molecule has 1 aromatic heterocycles. The first-order chi connectivity index (χ1) is 10.1. The van der Waals surface area contributed by atoms with Gasteiger partial charge in [-0.25, -0.2) is 0 Å². The smallest absolute Gasteiger partial charge is 0.316 e. The molecule has 1 aromatic carbocycles. The second-order valence-electron chi connectivity index (χ2n) is 4.34. The van der Waals surface area contributed by atoms with Crippen molar-refractivity contribution in [2.45, 2.75) is 37.4 Å². The van der Waals surface area contributed by atoms with Crippen LogP contribution in [0, 0.1) is 0 Å². The van der Waals surface area contributed by atoms with Crippen LogP contribution in [-0.4, -0.2) is 31.1 Å². The van der Waals surface area contributed by atoms with Crippen molar-refractivity contribution in [3.05, 3.63) is 36.2 Å². The number of carboxylic acids is 1. The number of aromatic nitrogens is 3. The van der Waals surface area contributed by atoms with E-state index in [0.717, 1.165) is 5.75 Å². The summed E-state index contributed by atoms with van der Waals surface area (Å²) < 4.78 is 7.52. The number of hydrogen-bond donors (Lipinski definition) is 1. The van der Waals surface area contributed by atoms with Crippen molar-refractivity contribution in [2.24, 2.45) is 0 Å². The third kappa shape index (κ3) is 3.98. The number of nitrogens with zero attached hydrogens (tertiary/aromatic N) is 3. The molecule has 0 fully saturated rings. The molecule has 2 rings (SSSR count). The van der Waals surface area contributed by atoms with Crippen molar-refractivity contribution in [1.29, 1.82) is 0 Å². The van der Waals surface area contributed by atoms with Gasteiger partial charge in [0.15, 0.2) is 11.0 Å². The van der Waals surface area contributed by atoms with Crippen LogP contribution in [0.3, 0.4) is 0 Å². The monoisotopic (exact) mass is 307 g/mol. The van der Waals surface area contributed by atoms with E-state index in [1.807, 2.05) is 41.8 Å². The number of hydrogen-bond acceptors (Lipinski definition) is 5. The molecule has 0 unspecified atom stereocenters. The van der Waals surface area contributed by atoms with Crippen LogP contribution in [0.2, 0.25) is 0 Å². The first-order valence-corrected chi connectivity index (χ1v) is 7.49. The maximum Gasteiger partial charge on any atom is 0.316 e. The molecule has 0 amide bonds. The number of ether oxygens (including phenoxy) is 1. The summed E-state index contributed by atoms with van der Waals surface area (Å²) in [5, 5.41) is 17.1. The molecule has 1 atom stereocenters. The molecule has 112 valence electrons. The maximum absolute atomic E-state index is 10.9. The van der Waals surface area contributed by atoms with Crippen LogP contribution < -0.4 is 4.74 Å². The van der Waals surface area contributed by atoms with Crippen molar-refractivity contribution < 1.29 is 14.6 Å². The van der Waals surface area contributed by atoms with E-state index in [1.165, 1.54) is 11.8 Å². The molecule has 0 spiro atoms. The van der Waals surface area contributed by atoms with Crippen LogP contribution in [0.4, 0.5) is 0 Å². The lowest BCUT2D eigenvalue weighted by Crippen LogP contribution is -2.13. The summed E-state index contributed by atoms with van der Waals surface area (Å²) in [5.74, 6) is 0.574. The number of carbonyl (C=O) groups is 1. The van der Waals surface area contributed by atoms with Gasteiger partial charge in [-0.3, -0.25) is 4.79 Å². The molecule has 0 aliphatic rings. The topological polar surface area (TPSA) is 77.2 Å². The molecule has 1 heterocycles. The molecule has 0 saturated carbocycles. The van der Waals surface area contributed by atoms with Gasteiger partial charge in [0.2, 0.25) is 0 Å². The molecule has 0 saturated heterocycles. The Balaban J connectivity index is 2.07. The van der Waals surface area contributed by atoms with Gasteiger partial charge in [-0.05, 0) is 26.0 Å². The van der Waals surface area contributed by atoms with Gasteiger partial charge >= 0.3 is 5.97 Å². The molecule has 6 nitrogen and oxygen atoms in total. The zero-order valence-electron chi connectivity index (χ0n) is 11.9. The molecular formula is C14H17N3O3S. The van der Waals surface area contributed by atoms with Gasteiger partial charge in [-0.1, -0.05) is 30.0 Å². The van der Waals surface area contributed by atoms with E-state index in [-0.39, 0.29) is 0 Å². The highest BCUT2D eigenvalue weighted by atomic mass is 32.2. The molecule has 0 radical (unpaired) electrons. The van der Waals surface area contributed by atoms with Crippen molar-refractivity contribution in [3.8, 4) is 5.75 Å². The van der Waals surface area contributed by atoms with Gasteiger partial charge in [0.05, 0.1) is 0 Å². The average molecular weight is 307 g/mol. The molecule has 7 heteroatoms. The van der Waals surface area contributed by atoms with Crippen molar-refractivity contribution in [3.63, 3.8) is 0 Å². The Morgan fingerprint density at radius 3 is 2.71 bits per heavy atom. The Kier molecular flexibility index (Phi) is 5.21. The fraction of sp³-hybridized carbons (Fsp3) is 0.357. The summed E-state index contributed by atoms with van der Waals surface area (Å²) in [6.07, 6.45) is 0. The summed E-state index contributed by atoms with van der Waals surface area (Å²) in [6, 6.07) is 9.46. The number of aliphatic carboxylic acids is 1. The first-order valence-electron chi connectivity index (χ1n) is 6.61. The minimum absolute atomic E-state index is 0.298. The molecule has 0 aliphatic heterocycles. The second kappa shape index (κ2) is 7.12. The summed E-state index contributed by atoms with van der Waals surface area (Å²) in [6.45, 7) is 4.55. The zero-order valence-corrected chi connectivity index (χ0v) is 12.7. The Morgan fingerprint density at radius 2 is 2.10 bits per heavy atom. The van der Waals surface area contributed by atoms with E-state index in [9.17, 15) is 4.79 Å². The van der Waals surface area contributed by atoms with Gasteiger partial charge in [0, 0.05) is 6.54 Å². The Morgan fingerprint density at radius 1 is 1.38 bits per heavy atom. The van der Waals surface area contributed by atoms with E-state index in [4.69, 9.17) is 9.84 Å². The number of thioether (sulfide) groups is 1. The molecule has 0 aliphatic carbocycles. The maximum atomic E-state index is 10.9. The summed E-state index contributed by atoms with van der Waals surface area (Å²) >= 11 is 1.18. The number of carboxylic acid groups (broad SMARTS) is 1. The summed E-state index contributed by atoms with van der Waals surface area (Å²) in [7, 11) is 0. The van der Waals surface area contributed by atoms with Gasteiger partial charge in [0.1, 0.15) is 17.6 Å². The molecule has 21 heavy (non-hydrogen) atoms. The van der Waals surface area contributed by atoms with E-state index in [1.54, 1.807) is 6.92 Å². The Labute approximate surface area is 127 Å². The van der Waals surface area contributed by atoms with Gasteiger partial charge < -0.3 is 14.4 Å². The van der Waals surface area contributed by atoms with Crippen LogP contribution in [-0.2, 0) is 17.9 Å². The fourth-order valence-corrected chi connectivity index (χ4v) is 2.57. The summed E-state index contributed by atoms with van der Waals surface area (Å²) in [4.78, 5) is 10.9. The first kappa shape index (κ1) is 15.4. The number of para-hydroxylation sites is 1. The lowest BCUT2D eigenvalue weighted by atomic mass is 10.3. The standard InChI is InChI=1S/C14H17N3O3S/c1-3-17-12(9-20-11-7-5-4-6-8-11)15-16-14(17)21-10(2)13(18)19/h4-8,10H,3,9H2,1-2H3,(H,18,19)/t10-/m1/s1. The van der Waals surface area contributed by atoms with Crippen molar-refractivity contribution in [2.75, 3.05) is 0 Å². The van der Waals surface area contributed by atoms with Crippen LogP contribution >= 0.6 is 11.8 Å². The van der Waals surface area contributed by atoms with Crippen LogP contribution in [0.5, 0.6) is 5.75 Å². The van der Waals surface area contributed by atoms with E-state index in [2.05, 4.69) is 10.2 Å². The van der Waals surface area contributed by atoms with Crippen molar-refractivity contribution in [1.82, 2.24) is 14.8 Å². The molecule has 2 aromatic rings. The highest BCUT2D eigenvalue weighted by Gasteiger charge is 2.18. The van der Waals surface area contributed by atoms with Gasteiger partial charge in [-0.15, -0.1) is 10.2 Å². The third-order valence-electron chi connectivity index (χ3n) is 2.85. The minimum atomic E-state index is -0.868. The quantitative estimate of drug-likeness (QED) is 0.792. The normalized spacial score (nSPS) is 12.1. The van der Waals surface area contributed by atoms with Crippen LogP contribution in [0.15, 0.2) is 35.5 Å². The number of benzene rings is 1. The zero-order chi connectivity index (χ0) is 15.2. The lowest BCUT2D eigenvalue weighted by molar-refractivity contribution is -0.136. The second-order valence-corrected chi connectivity index (χ2v) is 5.65. The highest BCUT2D eigenvalue weighted by Crippen LogP contribution is 2.23. The van der Waals surface area contributed by atoms with Crippen molar-refractivity contribution >= 4 is 17.7 Å². The minimum Gasteiger partial charge on any atom is -0.486 e. The molecular weight excluding hydrogens is 290 g/mol. The predicted molar refractivity (Wildman–Crippen MR) is 79.4 cm³/mol. The van der Waals surface area contributed by atoms with Crippen LogP contribution in [0.25, 0.3) is 0 Å².